The molecule has 2 nitrogen and oxygen atoms in total. The molecular weight excluding hydrogens is 576 g/mol. The molecule has 1 aromatic rings. The van der Waals surface area contributed by atoms with Gasteiger partial charge in [-0.05, 0) is 49.9 Å². The average Bonchev–Trinajstić information content (AvgIpc) is 2.79. The van der Waals surface area contributed by atoms with Crippen molar-refractivity contribution in [3.05, 3.63) is 30.1 Å². The lowest BCUT2D eigenvalue weighted by molar-refractivity contribution is -0.455. The van der Waals surface area contributed by atoms with E-state index in [-0.39, 0.29) is 5.75 Å². The molecule has 0 heterocycles. The molecule has 0 amide bonds. The lowest BCUT2D eigenvalue weighted by Crippen LogP contribution is -2.73. The van der Waals surface area contributed by atoms with Crippen LogP contribution in [-0.2, 0) is 4.79 Å². The number of esters is 1. The first kappa shape index (κ1) is 31.8. The molecular formula is C20H14F16O2. The number of carbonyl (C=O) groups is 1. The van der Waals surface area contributed by atoms with E-state index in [1.807, 2.05) is 0 Å². The Bertz CT molecular complexity index is 991. The first-order chi connectivity index (χ1) is 16.9. The Morgan fingerprint density at radius 3 is 1.42 bits per heavy atom. The van der Waals surface area contributed by atoms with Gasteiger partial charge in [-0.1, -0.05) is 0 Å². The monoisotopic (exact) mass is 590 g/mol. The van der Waals surface area contributed by atoms with Crippen LogP contribution in [0.15, 0.2) is 24.3 Å². The van der Waals surface area contributed by atoms with Crippen LogP contribution in [0.3, 0.4) is 0 Å². The van der Waals surface area contributed by atoms with Gasteiger partial charge in [0.05, 0.1) is 5.92 Å². The molecule has 1 aliphatic rings. The number of halogens is 16. The number of alkyl halides is 15. The number of hydrogen-bond donors (Lipinski definition) is 0. The second kappa shape index (κ2) is 9.64. The maximum absolute atomic E-state index is 14.4. The molecule has 0 radical (unpaired) electrons. The molecule has 1 aromatic carbocycles. The van der Waals surface area contributed by atoms with Crippen LogP contribution in [0.1, 0.15) is 25.7 Å². The molecule has 0 aliphatic heterocycles. The summed E-state index contributed by atoms with van der Waals surface area (Å²) >= 11 is 0. The van der Waals surface area contributed by atoms with Gasteiger partial charge in [-0.3, -0.25) is 4.79 Å². The molecule has 0 bridgehead atoms. The zero-order chi connectivity index (χ0) is 29.8. The summed E-state index contributed by atoms with van der Waals surface area (Å²) in [6.45, 7) is 0. The van der Waals surface area contributed by atoms with E-state index in [0.29, 0.717) is 0 Å². The molecule has 1 saturated carbocycles. The summed E-state index contributed by atoms with van der Waals surface area (Å²) in [7, 11) is 0. The molecule has 0 saturated heterocycles. The van der Waals surface area contributed by atoms with Gasteiger partial charge >= 0.3 is 47.7 Å². The Morgan fingerprint density at radius 2 is 1.00 bits per heavy atom. The van der Waals surface area contributed by atoms with Crippen LogP contribution in [-0.4, -0.2) is 47.7 Å². The van der Waals surface area contributed by atoms with Crippen molar-refractivity contribution in [2.24, 2.45) is 11.8 Å². The van der Waals surface area contributed by atoms with Crippen molar-refractivity contribution in [2.75, 3.05) is 0 Å². The Morgan fingerprint density at radius 1 is 0.605 bits per heavy atom. The summed E-state index contributed by atoms with van der Waals surface area (Å²) in [5.74, 6) is -53.2. The van der Waals surface area contributed by atoms with Crippen LogP contribution in [0.25, 0.3) is 0 Å². The summed E-state index contributed by atoms with van der Waals surface area (Å²) in [6.07, 6.45) is -11.9. The second-order valence-electron chi connectivity index (χ2n) is 8.42. The highest BCUT2D eigenvalue weighted by Crippen LogP contribution is 2.63. The zero-order valence-corrected chi connectivity index (χ0v) is 18.2. The van der Waals surface area contributed by atoms with Crippen LogP contribution in [0.5, 0.6) is 5.75 Å². The van der Waals surface area contributed by atoms with Gasteiger partial charge in [0.25, 0.3) is 0 Å². The van der Waals surface area contributed by atoms with Crippen molar-refractivity contribution in [2.45, 2.75) is 67.4 Å². The maximum Gasteiger partial charge on any atom is 0.460 e. The van der Waals surface area contributed by atoms with Crippen molar-refractivity contribution in [3.63, 3.8) is 0 Å². The fourth-order valence-electron chi connectivity index (χ4n) is 3.63. The van der Waals surface area contributed by atoms with Gasteiger partial charge in [0.1, 0.15) is 11.6 Å². The summed E-state index contributed by atoms with van der Waals surface area (Å²) in [5, 5.41) is 0. The highest BCUT2D eigenvalue weighted by molar-refractivity contribution is 5.75. The van der Waals surface area contributed by atoms with Gasteiger partial charge in [-0.15, -0.1) is 0 Å². The topological polar surface area (TPSA) is 26.3 Å². The van der Waals surface area contributed by atoms with Crippen LogP contribution in [0, 0.1) is 17.7 Å². The number of ether oxygens (including phenoxy) is 1. The number of rotatable bonds is 8. The standard InChI is InChI=1S/C20H14F16O2/c21-11-5-7-12(8-6-11)38-13(37)9-1-3-10(4-2-9)14(22,23)15(24,25)16(26,27)17(28,29)18(30,31)19(32,33)20(34,35)36/h5-10H,1-4H2. The molecule has 1 aliphatic carbocycles. The molecule has 18 heteroatoms. The molecule has 0 spiro atoms. The molecule has 0 N–H and O–H groups in total. The van der Waals surface area contributed by atoms with Gasteiger partial charge in [0.15, 0.2) is 0 Å². The minimum absolute atomic E-state index is 0.242. The Kier molecular flexibility index (Phi) is 8.06. The van der Waals surface area contributed by atoms with E-state index in [2.05, 4.69) is 0 Å². The van der Waals surface area contributed by atoms with Crippen LogP contribution >= 0.6 is 0 Å². The summed E-state index contributed by atoms with van der Waals surface area (Å²) in [5.41, 5.74) is 0. The van der Waals surface area contributed by atoms with Crippen LogP contribution < -0.4 is 4.74 Å². The Balaban J connectivity index is 2.25. The first-order valence-electron chi connectivity index (χ1n) is 10.2. The van der Waals surface area contributed by atoms with Gasteiger partial charge in [0, 0.05) is 5.92 Å². The highest BCUT2D eigenvalue weighted by atomic mass is 19.4. The quantitative estimate of drug-likeness (QED) is 0.175. The van der Waals surface area contributed by atoms with Crippen LogP contribution in [0.2, 0.25) is 0 Å². The molecule has 0 atom stereocenters. The zero-order valence-electron chi connectivity index (χ0n) is 18.2. The molecule has 1 fully saturated rings. The Hall–Kier alpha value is -2.43. The third kappa shape index (κ3) is 4.86. The van der Waals surface area contributed by atoms with Crippen molar-refractivity contribution < 1.29 is 79.8 Å². The smallest absolute Gasteiger partial charge is 0.426 e. The van der Waals surface area contributed by atoms with Crippen molar-refractivity contribution >= 4 is 5.97 Å². The molecule has 0 aromatic heterocycles. The minimum atomic E-state index is -8.33. The summed E-state index contributed by atoms with van der Waals surface area (Å²) < 4.78 is 218. The van der Waals surface area contributed by atoms with E-state index in [0.717, 1.165) is 24.3 Å². The average molecular weight is 590 g/mol. The summed E-state index contributed by atoms with van der Waals surface area (Å²) in [4.78, 5) is 12.1. The lowest BCUT2D eigenvalue weighted by Gasteiger charge is -2.44. The number of carbonyl (C=O) groups excluding carboxylic acids is 1. The van der Waals surface area contributed by atoms with E-state index in [9.17, 15) is 75.0 Å². The molecule has 0 unspecified atom stereocenters. The van der Waals surface area contributed by atoms with E-state index >= 15 is 0 Å². The van der Waals surface area contributed by atoms with Gasteiger partial charge in [0.2, 0.25) is 0 Å². The predicted octanol–water partition coefficient (Wildman–Crippen LogP) is 7.91. The SMILES string of the molecule is O=C(Oc1ccc(F)cc1)C1CCC(C(F)(F)C(F)(F)C(F)(F)C(F)(F)C(F)(F)C(F)(F)C(F)(F)F)CC1. The Labute approximate surface area is 201 Å². The molecule has 2 rings (SSSR count). The predicted molar refractivity (Wildman–Crippen MR) is 93.2 cm³/mol. The molecule has 38 heavy (non-hydrogen) atoms. The van der Waals surface area contributed by atoms with E-state index in [1.165, 1.54) is 0 Å². The molecule has 218 valence electrons. The third-order valence-corrected chi connectivity index (χ3v) is 5.96. The van der Waals surface area contributed by atoms with E-state index in [1.54, 1.807) is 0 Å². The fourth-order valence-corrected chi connectivity index (χ4v) is 3.63. The number of benzene rings is 1. The first-order valence-corrected chi connectivity index (χ1v) is 10.2. The van der Waals surface area contributed by atoms with Crippen molar-refractivity contribution in [3.8, 4) is 5.75 Å². The maximum atomic E-state index is 14.4. The summed E-state index contributed by atoms with van der Waals surface area (Å²) in [6, 6.07) is 3.64. The lowest BCUT2D eigenvalue weighted by atomic mass is 9.75. The normalized spacial score (nSPS) is 20.8. The number of hydrogen-bond acceptors (Lipinski definition) is 2. The van der Waals surface area contributed by atoms with Gasteiger partial charge in [-0.2, -0.15) is 65.9 Å². The van der Waals surface area contributed by atoms with Crippen molar-refractivity contribution in [1.29, 1.82) is 0 Å². The van der Waals surface area contributed by atoms with Gasteiger partial charge in [-0.25, -0.2) is 4.39 Å². The van der Waals surface area contributed by atoms with E-state index in [4.69, 9.17) is 4.74 Å². The fraction of sp³-hybridized carbons (Fsp3) is 0.650. The second-order valence-corrected chi connectivity index (χ2v) is 8.42. The minimum Gasteiger partial charge on any atom is -0.426 e. The van der Waals surface area contributed by atoms with Gasteiger partial charge < -0.3 is 4.74 Å². The van der Waals surface area contributed by atoms with E-state index < -0.39 is 91.0 Å². The third-order valence-electron chi connectivity index (χ3n) is 5.96. The van der Waals surface area contributed by atoms with Crippen LogP contribution in [0.4, 0.5) is 70.2 Å². The highest BCUT2D eigenvalue weighted by Gasteiger charge is 2.93. The van der Waals surface area contributed by atoms with Crippen molar-refractivity contribution in [1.82, 2.24) is 0 Å². The largest absolute Gasteiger partial charge is 0.460 e.